The molecule has 0 unspecified atom stereocenters. The van der Waals surface area contributed by atoms with E-state index >= 15 is 4.39 Å². The quantitative estimate of drug-likeness (QED) is 0.408. The molecule has 0 spiro atoms. The molecule has 0 saturated heterocycles. The van der Waals surface area contributed by atoms with Gasteiger partial charge in [0.1, 0.15) is 17.7 Å². The molecule has 2 aromatic rings. The lowest BCUT2D eigenvalue weighted by molar-refractivity contribution is 0.0153. The van der Waals surface area contributed by atoms with Crippen molar-refractivity contribution in [3.05, 3.63) is 53.3 Å². The molecule has 0 atom stereocenters. The number of carbonyl (C=O) groups is 1. The zero-order chi connectivity index (χ0) is 22.4. The van der Waals surface area contributed by atoms with E-state index in [1.807, 2.05) is 6.92 Å². The molecule has 1 aliphatic carbocycles. The van der Waals surface area contributed by atoms with Gasteiger partial charge in [0.15, 0.2) is 0 Å². The highest BCUT2D eigenvalue weighted by molar-refractivity contribution is 5.92. The monoisotopic (exact) mass is 434 g/mol. The van der Waals surface area contributed by atoms with Crippen LogP contribution in [0.2, 0.25) is 0 Å². The lowest BCUT2D eigenvalue weighted by atomic mass is 9.84. The van der Waals surface area contributed by atoms with Crippen LogP contribution >= 0.6 is 0 Å². The molecule has 0 aromatic heterocycles. The van der Waals surface area contributed by atoms with Gasteiger partial charge in [0, 0.05) is 5.56 Å². The first-order chi connectivity index (χ1) is 14.9. The minimum absolute atomic E-state index is 0.00923. The van der Waals surface area contributed by atoms with Crippen LogP contribution in [-0.4, -0.2) is 18.7 Å². The Kier molecular flexibility index (Phi) is 7.99. The molecule has 168 valence electrons. The first kappa shape index (κ1) is 23.2. The van der Waals surface area contributed by atoms with Gasteiger partial charge in [0.25, 0.3) is 6.43 Å². The Morgan fingerprint density at radius 1 is 1.03 bits per heavy atom. The van der Waals surface area contributed by atoms with Crippen molar-refractivity contribution >= 4 is 5.97 Å². The number of hydrogen-bond donors (Lipinski definition) is 0. The predicted molar refractivity (Wildman–Crippen MR) is 114 cm³/mol. The molecule has 1 aliphatic rings. The number of rotatable bonds is 8. The van der Waals surface area contributed by atoms with Crippen LogP contribution in [0.5, 0.6) is 5.75 Å². The van der Waals surface area contributed by atoms with E-state index in [2.05, 4.69) is 6.92 Å². The molecule has 3 rings (SSSR count). The molecule has 3 nitrogen and oxygen atoms in total. The van der Waals surface area contributed by atoms with Crippen molar-refractivity contribution in [1.82, 2.24) is 0 Å². The largest absolute Gasteiger partial charge is 0.494 e. The predicted octanol–water partition coefficient (Wildman–Crippen LogP) is 7.34. The summed E-state index contributed by atoms with van der Waals surface area (Å²) in [6.45, 7) is 4.47. The minimum atomic E-state index is -3.13. The van der Waals surface area contributed by atoms with E-state index in [0.29, 0.717) is 36.7 Å². The summed E-state index contributed by atoms with van der Waals surface area (Å²) >= 11 is 0. The molecule has 1 fully saturated rings. The van der Waals surface area contributed by atoms with E-state index in [4.69, 9.17) is 9.47 Å². The lowest BCUT2D eigenvalue weighted by Gasteiger charge is -2.28. The van der Waals surface area contributed by atoms with Crippen LogP contribution in [0.1, 0.15) is 74.7 Å². The summed E-state index contributed by atoms with van der Waals surface area (Å²) in [5, 5.41) is 0. The highest BCUT2D eigenvalue weighted by Crippen LogP contribution is 2.35. The van der Waals surface area contributed by atoms with Crippen molar-refractivity contribution in [2.75, 3.05) is 6.61 Å². The SMILES string of the molecule is CCCC1CCC(OC(=O)c2ccc(-c3ccc(OCC)cc3)c(F)c2C(F)F)CC1. The number of alkyl halides is 2. The third-order valence-corrected chi connectivity index (χ3v) is 5.86. The maximum atomic E-state index is 15.1. The summed E-state index contributed by atoms with van der Waals surface area (Å²) in [5.41, 5.74) is -0.874. The first-order valence-corrected chi connectivity index (χ1v) is 11.0. The van der Waals surface area contributed by atoms with E-state index in [1.54, 1.807) is 24.3 Å². The van der Waals surface area contributed by atoms with Gasteiger partial charge < -0.3 is 9.47 Å². The van der Waals surface area contributed by atoms with Gasteiger partial charge in [-0.15, -0.1) is 0 Å². The smallest absolute Gasteiger partial charge is 0.339 e. The maximum Gasteiger partial charge on any atom is 0.339 e. The molecule has 0 radical (unpaired) electrons. The van der Waals surface area contributed by atoms with Gasteiger partial charge in [-0.25, -0.2) is 18.0 Å². The Balaban J connectivity index is 1.79. The summed E-state index contributed by atoms with van der Waals surface area (Å²) < 4.78 is 53.4. The molecule has 31 heavy (non-hydrogen) atoms. The normalized spacial score (nSPS) is 18.8. The number of benzene rings is 2. The molecule has 0 bridgehead atoms. The van der Waals surface area contributed by atoms with Gasteiger partial charge in [-0.1, -0.05) is 38.0 Å². The van der Waals surface area contributed by atoms with Crippen molar-refractivity contribution in [2.45, 2.75) is 64.9 Å². The van der Waals surface area contributed by atoms with E-state index < -0.39 is 29.3 Å². The molecular formula is C25H29F3O3. The summed E-state index contributed by atoms with van der Waals surface area (Å²) in [7, 11) is 0. The molecule has 0 aliphatic heterocycles. The topological polar surface area (TPSA) is 35.5 Å². The van der Waals surface area contributed by atoms with E-state index in [1.165, 1.54) is 12.1 Å². The lowest BCUT2D eigenvalue weighted by Crippen LogP contribution is -2.25. The fraction of sp³-hybridized carbons (Fsp3) is 0.480. The Labute approximate surface area is 181 Å². The van der Waals surface area contributed by atoms with Crippen LogP contribution in [0.25, 0.3) is 11.1 Å². The summed E-state index contributed by atoms with van der Waals surface area (Å²) in [5.74, 6) is -0.747. The number of ether oxygens (including phenoxy) is 2. The summed E-state index contributed by atoms with van der Waals surface area (Å²) in [6, 6.07) is 9.10. The zero-order valence-corrected chi connectivity index (χ0v) is 18.0. The van der Waals surface area contributed by atoms with Gasteiger partial charge >= 0.3 is 5.97 Å². The van der Waals surface area contributed by atoms with Gasteiger partial charge in [-0.3, -0.25) is 0 Å². The van der Waals surface area contributed by atoms with Crippen molar-refractivity contribution < 1.29 is 27.4 Å². The molecule has 0 N–H and O–H groups in total. The van der Waals surface area contributed by atoms with Crippen LogP contribution in [0.3, 0.4) is 0 Å². The molecule has 2 aromatic carbocycles. The number of hydrogen-bond acceptors (Lipinski definition) is 3. The summed E-state index contributed by atoms with van der Waals surface area (Å²) in [6.07, 6.45) is 2.17. The third-order valence-electron chi connectivity index (χ3n) is 5.86. The van der Waals surface area contributed by atoms with E-state index in [9.17, 15) is 13.6 Å². The van der Waals surface area contributed by atoms with Crippen molar-refractivity contribution in [1.29, 1.82) is 0 Å². The second-order valence-corrected chi connectivity index (χ2v) is 7.98. The van der Waals surface area contributed by atoms with Crippen LogP contribution in [0.15, 0.2) is 36.4 Å². The van der Waals surface area contributed by atoms with Crippen molar-refractivity contribution in [3.8, 4) is 16.9 Å². The molecule has 0 heterocycles. The highest BCUT2D eigenvalue weighted by Gasteiger charge is 2.29. The number of halogens is 3. The van der Waals surface area contributed by atoms with Crippen LogP contribution in [-0.2, 0) is 4.74 Å². The Hall–Kier alpha value is -2.50. The average Bonchev–Trinajstić information content (AvgIpc) is 2.75. The summed E-state index contributed by atoms with van der Waals surface area (Å²) in [4.78, 5) is 12.6. The fourth-order valence-electron chi connectivity index (χ4n) is 4.27. The van der Waals surface area contributed by atoms with Crippen LogP contribution in [0.4, 0.5) is 13.2 Å². The maximum absolute atomic E-state index is 15.1. The van der Waals surface area contributed by atoms with Gasteiger partial charge in [-0.05, 0) is 62.3 Å². The Bertz CT molecular complexity index is 872. The van der Waals surface area contributed by atoms with Crippen LogP contribution < -0.4 is 4.74 Å². The second-order valence-electron chi connectivity index (χ2n) is 7.98. The number of carbonyl (C=O) groups excluding carboxylic acids is 1. The Morgan fingerprint density at radius 3 is 2.29 bits per heavy atom. The molecule has 0 amide bonds. The van der Waals surface area contributed by atoms with Crippen LogP contribution in [0, 0.1) is 11.7 Å². The number of esters is 1. The first-order valence-electron chi connectivity index (χ1n) is 11.0. The molecule has 6 heteroatoms. The van der Waals surface area contributed by atoms with Crippen molar-refractivity contribution in [3.63, 3.8) is 0 Å². The van der Waals surface area contributed by atoms with E-state index in [0.717, 1.165) is 25.7 Å². The van der Waals surface area contributed by atoms with Gasteiger partial charge in [-0.2, -0.15) is 0 Å². The minimum Gasteiger partial charge on any atom is -0.494 e. The third kappa shape index (κ3) is 5.60. The molecular weight excluding hydrogens is 405 g/mol. The molecule has 1 saturated carbocycles. The standard InChI is InChI=1S/C25H29F3O3/c1-3-5-16-6-10-19(11-7-16)31-25(29)21-15-14-20(23(26)22(21)24(27)28)17-8-12-18(13-9-17)30-4-2/h8-9,12-16,19,24H,3-7,10-11H2,1-2H3. The highest BCUT2D eigenvalue weighted by atomic mass is 19.3. The zero-order valence-electron chi connectivity index (χ0n) is 18.0. The van der Waals surface area contributed by atoms with Crippen molar-refractivity contribution in [2.24, 2.45) is 5.92 Å². The fourth-order valence-corrected chi connectivity index (χ4v) is 4.27. The Morgan fingerprint density at radius 2 is 1.71 bits per heavy atom. The van der Waals surface area contributed by atoms with Gasteiger partial charge in [0.2, 0.25) is 0 Å². The second kappa shape index (κ2) is 10.7. The average molecular weight is 434 g/mol. The van der Waals surface area contributed by atoms with E-state index in [-0.39, 0.29) is 11.7 Å². The van der Waals surface area contributed by atoms with Gasteiger partial charge in [0.05, 0.1) is 17.7 Å².